The van der Waals surface area contributed by atoms with Crippen LogP contribution in [0.4, 0.5) is 15.8 Å². The quantitative estimate of drug-likeness (QED) is 0.807. The van der Waals surface area contributed by atoms with E-state index >= 15 is 0 Å². The molecule has 26 heavy (non-hydrogen) atoms. The SMILES string of the molecule is COc1ccc(Cl)cc1N([C@@H](C)C(=O)Nc1cccc(F)c1)S(C)(=O)=O. The van der Waals surface area contributed by atoms with Gasteiger partial charge in [0.1, 0.15) is 17.6 Å². The van der Waals surface area contributed by atoms with E-state index < -0.39 is 27.8 Å². The van der Waals surface area contributed by atoms with Gasteiger partial charge in [0.2, 0.25) is 15.9 Å². The Morgan fingerprint density at radius 2 is 1.96 bits per heavy atom. The Morgan fingerprint density at radius 3 is 2.54 bits per heavy atom. The molecule has 1 N–H and O–H groups in total. The lowest BCUT2D eigenvalue weighted by Gasteiger charge is -2.29. The van der Waals surface area contributed by atoms with Crippen LogP contribution in [-0.2, 0) is 14.8 Å². The van der Waals surface area contributed by atoms with E-state index in [-0.39, 0.29) is 22.1 Å². The monoisotopic (exact) mass is 400 g/mol. The molecule has 0 aromatic heterocycles. The maximum Gasteiger partial charge on any atom is 0.247 e. The third-order valence-corrected chi connectivity index (χ3v) is 5.02. The topological polar surface area (TPSA) is 75.7 Å². The Balaban J connectivity index is 2.41. The molecule has 0 unspecified atom stereocenters. The summed E-state index contributed by atoms with van der Waals surface area (Å²) in [7, 11) is -2.47. The number of nitrogens with zero attached hydrogens (tertiary/aromatic N) is 1. The number of anilines is 2. The number of carbonyl (C=O) groups excluding carboxylic acids is 1. The van der Waals surface area contributed by atoms with E-state index in [0.29, 0.717) is 0 Å². The third kappa shape index (κ3) is 4.64. The molecule has 6 nitrogen and oxygen atoms in total. The number of ether oxygens (including phenoxy) is 1. The number of amides is 1. The standard InChI is InChI=1S/C17H18ClFN2O4S/c1-11(17(22)20-14-6-4-5-13(19)10-14)21(26(3,23)24)15-9-12(18)7-8-16(15)25-2/h4-11H,1-3H3,(H,20,22)/t11-/m0/s1. The first-order chi connectivity index (χ1) is 12.1. The second-order valence-electron chi connectivity index (χ2n) is 5.55. The molecule has 0 aliphatic rings. The molecule has 140 valence electrons. The molecule has 0 saturated carbocycles. The molecule has 0 heterocycles. The highest BCUT2D eigenvalue weighted by atomic mass is 35.5. The van der Waals surface area contributed by atoms with Gasteiger partial charge in [-0.2, -0.15) is 0 Å². The van der Waals surface area contributed by atoms with Gasteiger partial charge >= 0.3 is 0 Å². The number of halogens is 2. The van der Waals surface area contributed by atoms with Gasteiger partial charge in [-0.05, 0) is 43.3 Å². The molecule has 2 rings (SSSR count). The normalized spacial score (nSPS) is 12.3. The van der Waals surface area contributed by atoms with E-state index in [1.54, 1.807) is 6.07 Å². The van der Waals surface area contributed by atoms with Gasteiger partial charge in [-0.25, -0.2) is 12.8 Å². The van der Waals surface area contributed by atoms with Crippen LogP contribution in [0, 0.1) is 5.82 Å². The molecule has 0 bridgehead atoms. The van der Waals surface area contributed by atoms with E-state index in [0.717, 1.165) is 16.6 Å². The van der Waals surface area contributed by atoms with Crippen LogP contribution in [-0.4, -0.2) is 33.7 Å². The first-order valence-corrected chi connectivity index (χ1v) is 9.75. The highest BCUT2D eigenvalue weighted by molar-refractivity contribution is 7.92. The van der Waals surface area contributed by atoms with Crippen molar-refractivity contribution in [2.45, 2.75) is 13.0 Å². The summed E-state index contributed by atoms with van der Waals surface area (Å²) in [5.74, 6) is -0.916. The van der Waals surface area contributed by atoms with Gasteiger partial charge < -0.3 is 10.1 Å². The van der Waals surface area contributed by atoms with Gasteiger partial charge in [-0.15, -0.1) is 0 Å². The van der Waals surface area contributed by atoms with Crippen molar-refractivity contribution in [2.75, 3.05) is 23.0 Å². The van der Waals surface area contributed by atoms with E-state index in [2.05, 4.69) is 5.32 Å². The number of hydrogen-bond donors (Lipinski definition) is 1. The number of hydrogen-bond acceptors (Lipinski definition) is 4. The van der Waals surface area contributed by atoms with E-state index in [1.807, 2.05) is 0 Å². The van der Waals surface area contributed by atoms with Crippen molar-refractivity contribution in [1.82, 2.24) is 0 Å². The van der Waals surface area contributed by atoms with Crippen LogP contribution < -0.4 is 14.4 Å². The number of rotatable bonds is 6. The number of sulfonamides is 1. The summed E-state index contributed by atoms with van der Waals surface area (Å²) in [5, 5.41) is 2.78. The molecule has 1 amide bonds. The fraction of sp³-hybridized carbons (Fsp3) is 0.235. The van der Waals surface area contributed by atoms with Crippen LogP contribution in [0.2, 0.25) is 5.02 Å². The predicted octanol–water partition coefficient (Wildman–Crippen LogP) is 3.28. The fourth-order valence-corrected chi connectivity index (χ4v) is 3.77. The zero-order valence-electron chi connectivity index (χ0n) is 14.4. The second kappa shape index (κ2) is 7.92. The summed E-state index contributed by atoms with van der Waals surface area (Å²) < 4.78 is 44.1. The minimum atomic E-state index is -3.85. The maximum absolute atomic E-state index is 13.3. The molecular weight excluding hydrogens is 383 g/mol. The maximum atomic E-state index is 13.3. The van der Waals surface area contributed by atoms with Gasteiger partial charge in [0.25, 0.3) is 0 Å². The Labute approximate surface area is 156 Å². The van der Waals surface area contributed by atoms with Crippen LogP contribution >= 0.6 is 11.6 Å². The van der Waals surface area contributed by atoms with Crippen molar-refractivity contribution in [1.29, 1.82) is 0 Å². The van der Waals surface area contributed by atoms with Gasteiger partial charge in [-0.1, -0.05) is 17.7 Å². The third-order valence-electron chi connectivity index (χ3n) is 3.56. The summed E-state index contributed by atoms with van der Waals surface area (Å²) in [5.41, 5.74) is 0.345. The molecule has 0 aliphatic carbocycles. The minimum absolute atomic E-state index is 0.129. The van der Waals surface area contributed by atoms with Gasteiger partial charge in [0.15, 0.2) is 0 Å². The van der Waals surface area contributed by atoms with Crippen LogP contribution in [0.3, 0.4) is 0 Å². The number of methoxy groups -OCH3 is 1. The first kappa shape index (κ1) is 20.0. The number of nitrogens with one attached hydrogen (secondary N) is 1. The van der Waals surface area contributed by atoms with Gasteiger partial charge in [-0.3, -0.25) is 9.10 Å². The Morgan fingerprint density at radius 1 is 1.27 bits per heavy atom. The molecule has 9 heteroatoms. The number of benzene rings is 2. The first-order valence-electron chi connectivity index (χ1n) is 7.53. The second-order valence-corrected chi connectivity index (χ2v) is 7.85. The average Bonchev–Trinajstić information content (AvgIpc) is 2.54. The smallest absolute Gasteiger partial charge is 0.247 e. The Kier molecular flexibility index (Phi) is 6.09. The Hall–Kier alpha value is -2.32. The summed E-state index contributed by atoms with van der Waals surface area (Å²) in [6.45, 7) is 1.41. The molecule has 1 atom stereocenters. The van der Waals surface area contributed by atoms with Crippen molar-refractivity contribution < 1.29 is 22.3 Å². The lowest BCUT2D eigenvalue weighted by molar-refractivity contribution is -0.116. The van der Waals surface area contributed by atoms with Crippen molar-refractivity contribution in [3.05, 3.63) is 53.3 Å². The van der Waals surface area contributed by atoms with Crippen LogP contribution in [0.25, 0.3) is 0 Å². The molecule has 0 saturated heterocycles. The molecule has 0 aliphatic heterocycles. The van der Waals surface area contributed by atoms with Crippen molar-refractivity contribution in [2.24, 2.45) is 0 Å². The van der Waals surface area contributed by atoms with Crippen LogP contribution in [0.15, 0.2) is 42.5 Å². The van der Waals surface area contributed by atoms with Gasteiger partial charge in [0.05, 0.1) is 19.1 Å². The Bertz CT molecular complexity index is 921. The molecule has 0 radical (unpaired) electrons. The van der Waals surface area contributed by atoms with Crippen molar-refractivity contribution in [3.8, 4) is 5.75 Å². The molecule has 2 aromatic carbocycles. The molecule has 0 spiro atoms. The largest absolute Gasteiger partial charge is 0.495 e. The van der Waals surface area contributed by atoms with Crippen molar-refractivity contribution in [3.63, 3.8) is 0 Å². The zero-order valence-corrected chi connectivity index (χ0v) is 15.9. The molecule has 2 aromatic rings. The average molecular weight is 401 g/mol. The van der Waals surface area contributed by atoms with Crippen LogP contribution in [0.1, 0.15) is 6.92 Å². The van der Waals surface area contributed by atoms with E-state index in [9.17, 15) is 17.6 Å². The van der Waals surface area contributed by atoms with Gasteiger partial charge in [0, 0.05) is 10.7 Å². The van der Waals surface area contributed by atoms with Crippen LogP contribution in [0.5, 0.6) is 5.75 Å². The molecule has 0 fully saturated rings. The molecular formula is C17H18ClFN2O4S. The summed E-state index contributed by atoms with van der Waals surface area (Å²) >= 11 is 5.98. The fourth-order valence-electron chi connectivity index (χ4n) is 2.43. The highest BCUT2D eigenvalue weighted by Gasteiger charge is 2.31. The minimum Gasteiger partial charge on any atom is -0.495 e. The summed E-state index contributed by atoms with van der Waals surface area (Å²) in [6.07, 6.45) is 0.972. The number of carbonyl (C=O) groups is 1. The van der Waals surface area contributed by atoms with E-state index in [4.69, 9.17) is 16.3 Å². The lowest BCUT2D eigenvalue weighted by atomic mass is 10.2. The highest BCUT2D eigenvalue weighted by Crippen LogP contribution is 2.34. The zero-order chi connectivity index (χ0) is 19.5. The summed E-state index contributed by atoms with van der Waals surface area (Å²) in [6, 6.07) is 8.61. The van der Waals surface area contributed by atoms with E-state index in [1.165, 1.54) is 44.4 Å². The predicted molar refractivity (Wildman–Crippen MR) is 99.8 cm³/mol. The lowest BCUT2D eigenvalue weighted by Crippen LogP contribution is -2.45. The van der Waals surface area contributed by atoms with Crippen molar-refractivity contribution >= 4 is 38.9 Å². The summed E-state index contributed by atoms with van der Waals surface area (Å²) in [4.78, 5) is 12.6.